The van der Waals surface area contributed by atoms with E-state index in [4.69, 9.17) is 10.8 Å². The Labute approximate surface area is 203 Å². The Morgan fingerprint density at radius 3 is 2.69 bits per heavy atom. The molecule has 1 atom stereocenters. The van der Waals surface area contributed by atoms with E-state index in [9.17, 15) is 9.50 Å². The predicted molar refractivity (Wildman–Crippen MR) is 134 cm³/mol. The molecule has 0 saturated carbocycles. The maximum atomic E-state index is 14.2. The van der Waals surface area contributed by atoms with Crippen molar-refractivity contribution in [3.8, 4) is 17.0 Å². The number of phenolic OH excluding ortho intramolecular Hbond substituents is 1. The van der Waals surface area contributed by atoms with E-state index in [0.717, 1.165) is 38.4 Å². The number of benzene rings is 2. The summed E-state index contributed by atoms with van der Waals surface area (Å²) in [4.78, 5) is 11.1. The molecule has 2 aromatic heterocycles. The average molecular weight is 473 g/mol. The number of anilines is 1. The van der Waals surface area contributed by atoms with Crippen LogP contribution in [0, 0.1) is 5.82 Å². The largest absolute Gasteiger partial charge is 0.508 e. The van der Waals surface area contributed by atoms with Crippen LogP contribution >= 0.6 is 0 Å². The van der Waals surface area contributed by atoms with Gasteiger partial charge in [-0.15, -0.1) is 0 Å². The van der Waals surface area contributed by atoms with Gasteiger partial charge in [-0.25, -0.2) is 19.0 Å². The number of aryl methyl sites for hydroxylation is 1. The van der Waals surface area contributed by atoms with Gasteiger partial charge in [-0.1, -0.05) is 18.2 Å². The topological polar surface area (TPSA) is 93.1 Å². The van der Waals surface area contributed by atoms with E-state index in [1.807, 2.05) is 4.68 Å². The number of rotatable bonds is 3. The van der Waals surface area contributed by atoms with Gasteiger partial charge in [-0.2, -0.15) is 5.10 Å². The first-order valence-corrected chi connectivity index (χ1v) is 12.3. The lowest BCUT2D eigenvalue weighted by Crippen LogP contribution is -2.29. The molecule has 4 aromatic rings. The maximum absolute atomic E-state index is 14.2. The van der Waals surface area contributed by atoms with E-state index in [0.29, 0.717) is 28.2 Å². The standard InChI is InChI=1S/C27H29FN6O/c1-33-9-7-16(8-10-33)18-6-5-17-3-2-4-23(22(17)13-18)34-27-24(26(29)30-15-31-27)25(32-34)19-11-20(28)14-21(35)12-19/h5-6,11-16,23,35H,2-4,7-10H2,1H3,(H2,29,30,31). The van der Waals surface area contributed by atoms with Crippen molar-refractivity contribution in [2.24, 2.45) is 0 Å². The number of nitrogens with two attached hydrogens (primary N) is 1. The molecule has 1 saturated heterocycles. The number of hydrogen-bond donors (Lipinski definition) is 2. The lowest BCUT2D eigenvalue weighted by atomic mass is 9.82. The summed E-state index contributed by atoms with van der Waals surface area (Å²) in [6.07, 6.45) is 6.80. The Balaban J connectivity index is 1.48. The number of aromatic hydroxyl groups is 1. The minimum Gasteiger partial charge on any atom is -0.508 e. The Kier molecular flexibility index (Phi) is 5.40. The van der Waals surface area contributed by atoms with Crippen LogP contribution in [0.3, 0.4) is 0 Å². The second-order valence-corrected chi connectivity index (χ2v) is 9.89. The van der Waals surface area contributed by atoms with E-state index in [-0.39, 0.29) is 17.6 Å². The monoisotopic (exact) mass is 472 g/mol. The third-order valence-electron chi connectivity index (χ3n) is 7.61. The van der Waals surface area contributed by atoms with Gasteiger partial charge in [-0.3, -0.25) is 0 Å². The highest BCUT2D eigenvalue weighted by molar-refractivity contribution is 5.98. The van der Waals surface area contributed by atoms with Crippen molar-refractivity contribution < 1.29 is 9.50 Å². The first-order chi connectivity index (χ1) is 17.0. The smallest absolute Gasteiger partial charge is 0.164 e. The van der Waals surface area contributed by atoms with Gasteiger partial charge in [0.2, 0.25) is 0 Å². The highest BCUT2D eigenvalue weighted by atomic mass is 19.1. The van der Waals surface area contributed by atoms with Crippen molar-refractivity contribution >= 4 is 16.9 Å². The van der Waals surface area contributed by atoms with Crippen LogP contribution in [0.4, 0.5) is 10.2 Å². The second-order valence-electron chi connectivity index (χ2n) is 9.89. The highest BCUT2D eigenvalue weighted by Gasteiger charge is 2.29. The zero-order chi connectivity index (χ0) is 24.1. The molecule has 2 aliphatic rings. The molecule has 3 N–H and O–H groups in total. The van der Waals surface area contributed by atoms with E-state index >= 15 is 0 Å². The Morgan fingerprint density at radius 1 is 1.06 bits per heavy atom. The van der Waals surface area contributed by atoms with E-state index < -0.39 is 5.82 Å². The molecule has 35 heavy (non-hydrogen) atoms. The van der Waals surface area contributed by atoms with Crippen LogP contribution in [0.2, 0.25) is 0 Å². The van der Waals surface area contributed by atoms with Crippen LogP contribution in [0.15, 0.2) is 42.7 Å². The molecule has 1 unspecified atom stereocenters. The summed E-state index contributed by atoms with van der Waals surface area (Å²) in [7, 11) is 2.19. The van der Waals surface area contributed by atoms with Crippen molar-refractivity contribution in [3.63, 3.8) is 0 Å². The van der Waals surface area contributed by atoms with Crippen LogP contribution in [0.5, 0.6) is 5.75 Å². The maximum Gasteiger partial charge on any atom is 0.164 e. The number of aromatic nitrogens is 4. The Bertz CT molecular complexity index is 1390. The minimum atomic E-state index is -0.538. The highest BCUT2D eigenvalue weighted by Crippen LogP contribution is 2.40. The zero-order valence-corrected chi connectivity index (χ0v) is 19.8. The molecular weight excluding hydrogens is 443 g/mol. The molecule has 3 heterocycles. The van der Waals surface area contributed by atoms with E-state index in [1.165, 1.54) is 48.0 Å². The van der Waals surface area contributed by atoms with Crippen molar-refractivity contribution in [2.75, 3.05) is 25.9 Å². The predicted octanol–water partition coefficient (Wildman–Crippen LogP) is 4.66. The lowest BCUT2D eigenvalue weighted by molar-refractivity contribution is 0.255. The number of nitrogen functional groups attached to an aromatic ring is 1. The third kappa shape index (κ3) is 3.91. The quantitative estimate of drug-likeness (QED) is 0.451. The number of phenols is 1. The fraction of sp³-hybridized carbons (Fsp3) is 0.370. The first-order valence-electron chi connectivity index (χ1n) is 12.3. The molecule has 1 aliphatic heterocycles. The minimum absolute atomic E-state index is 0.00216. The number of piperidine rings is 1. The summed E-state index contributed by atoms with van der Waals surface area (Å²) in [5.41, 5.74) is 11.8. The average Bonchev–Trinajstić information content (AvgIpc) is 3.24. The van der Waals surface area contributed by atoms with Crippen molar-refractivity contribution in [2.45, 2.75) is 44.1 Å². The molecule has 6 rings (SSSR count). The first kappa shape index (κ1) is 22.0. The molecule has 7 nitrogen and oxygen atoms in total. The molecule has 0 bridgehead atoms. The fourth-order valence-corrected chi connectivity index (χ4v) is 5.77. The van der Waals surface area contributed by atoms with Crippen LogP contribution < -0.4 is 5.73 Å². The number of fused-ring (bicyclic) bond motifs is 2. The summed E-state index contributed by atoms with van der Waals surface area (Å²) in [5.74, 6) is 0.154. The normalized spacial score (nSPS) is 19.2. The van der Waals surface area contributed by atoms with Gasteiger partial charge in [0.05, 0.1) is 11.4 Å². The van der Waals surface area contributed by atoms with Gasteiger partial charge < -0.3 is 15.7 Å². The van der Waals surface area contributed by atoms with Gasteiger partial charge >= 0.3 is 0 Å². The molecule has 180 valence electrons. The second kappa shape index (κ2) is 8.61. The zero-order valence-electron chi connectivity index (χ0n) is 19.8. The summed E-state index contributed by atoms with van der Waals surface area (Å²) < 4.78 is 16.1. The van der Waals surface area contributed by atoms with Crippen LogP contribution in [-0.4, -0.2) is 49.9 Å². The Hall–Kier alpha value is -3.52. The third-order valence-corrected chi connectivity index (χ3v) is 7.61. The van der Waals surface area contributed by atoms with Crippen LogP contribution in [0.25, 0.3) is 22.3 Å². The van der Waals surface area contributed by atoms with E-state index in [1.54, 1.807) is 0 Å². The number of halogens is 1. The number of hydrogen-bond acceptors (Lipinski definition) is 6. The van der Waals surface area contributed by atoms with Crippen LogP contribution in [-0.2, 0) is 6.42 Å². The van der Waals surface area contributed by atoms with Crippen molar-refractivity contribution in [3.05, 3.63) is 65.2 Å². The molecular formula is C27H29FN6O. The van der Waals surface area contributed by atoms with Crippen LogP contribution in [0.1, 0.15) is 54.3 Å². The molecule has 0 spiro atoms. The fourth-order valence-electron chi connectivity index (χ4n) is 5.77. The van der Waals surface area contributed by atoms with Crippen molar-refractivity contribution in [1.82, 2.24) is 24.6 Å². The van der Waals surface area contributed by atoms with Gasteiger partial charge in [-0.05, 0) is 87.0 Å². The Morgan fingerprint density at radius 2 is 1.89 bits per heavy atom. The molecule has 2 aromatic carbocycles. The lowest BCUT2D eigenvalue weighted by Gasteiger charge is -2.31. The summed E-state index contributed by atoms with van der Waals surface area (Å²) >= 11 is 0. The van der Waals surface area contributed by atoms with Gasteiger partial charge in [0.1, 0.15) is 29.4 Å². The molecule has 1 aliphatic carbocycles. The van der Waals surface area contributed by atoms with Gasteiger partial charge in [0.15, 0.2) is 5.65 Å². The molecule has 1 fully saturated rings. The molecule has 0 amide bonds. The van der Waals surface area contributed by atoms with Crippen molar-refractivity contribution in [1.29, 1.82) is 0 Å². The summed E-state index contributed by atoms with van der Waals surface area (Å²) in [6, 6.07) is 10.9. The van der Waals surface area contributed by atoms with Gasteiger partial charge in [0.25, 0.3) is 0 Å². The SMILES string of the molecule is CN1CCC(c2ccc3c(c2)C(n2nc(-c4cc(O)cc(F)c4)c4c(N)ncnc42)CCC3)CC1. The molecule has 8 heteroatoms. The molecule has 0 radical (unpaired) electrons. The van der Waals surface area contributed by atoms with E-state index in [2.05, 4.69) is 40.1 Å². The number of nitrogens with zero attached hydrogens (tertiary/aromatic N) is 5. The summed E-state index contributed by atoms with van der Waals surface area (Å²) in [6.45, 7) is 2.24. The number of likely N-dealkylation sites (tertiary alicyclic amines) is 1. The summed E-state index contributed by atoms with van der Waals surface area (Å²) in [5, 5.41) is 15.5. The van der Waals surface area contributed by atoms with Gasteiger partial charge in [0, 0.05) is 11.6 Å².